The number of nitro groups is 1. The van der Waals surface area contributed by atoms with E-state index in [1.54, 1.807) is 24.8 Å². The number of rotatable bonds is 7. The summed E-state index contributed by atoms with van der Waals surface area (Å²) in [6.07, 6.45) is 1.13. The number of nitrogens with zero attached hydrogens (tertiary/aromatic N) is 3. The highest BCUT2D eigenvalue weighted by Crippen LogP contribution is 2.16. The molecule has 1 N–H and O–H groups in total. The summed E-state index contributed by atoms with van der Waals surface area (Å²) in [6, 6.07) is 10.8. The molecule has 0 bridgehead atoms. The zero-order valence-electron chi connectivity index (χ0n) is 13.6. The van der Waals surface area contributed by atoms with Crippen molar-refractivity contribution in [1.82, 2.24) is 10.3 Å². The number of nitriles is 1. The molecule has 7 nitrogen and oxygen atoms in total. The molecule has 0 aliphatic rings. The molecular weight excluding hydrogens is 340 g/mol. The van der Waals surface area contributed by atoms with Crippen molar-refractivity contribution in [3.05, 3.63) is 69.0 Å². The quantitative estimate of drug-likeness (QED) is 0.464. The van der Waals surface area contributed by atoms with E-state index in [4.69, 9.17) is 5.26 Å². The topological polar surface area (TPSA) is 109 Å². The fraction of sp³-hybridized carbons (Fsp3) is 0.235. The standard InChI is InChI=1S/C17H16N4O3S/c1-12-16(8-15(10-20-12)21(23)24)17(22)19-6-7-25-11-14-5-3-2-4-13(14)9-18/h2-5,8,10H,6-7,11H2,1H3,(H,19,22). The van der Waals surface area contributed by atoms with Crippen LogP contribution in [0.5, 0.6) is 0 Å². The van der Waals surface area contributed by atoms with Crippen LogP contribution < -0.4 is 5.32 Å². The van der Waals surface area contributed by atoms with Gasteiger partial charge >= 0.3 is 0 Å². The van der Waals surface area contributed by atoms with Crippen molar-refractivity contribution in [1.29, 1.82) is 5.26 Å². The van der Waals surface area contributed by atoms with E-state index in [1.165, 1.54) is 6.07 Å². The van der Waals surface area contributed by atoms with Gasteiger partial charge in [-0.15, -0.1) is 0 Å². The van der Waals surface area contributed by atoms with E-state index in [0.717, 1.165) is 11.8 Å². The average Bonchev–Trinajstić information content (AvgIpc) is 2.61. The van der Waals surface area contributed by atoms with E-state index >= 15 is 0 Å². The van der Waals surface area contributed by atoms with Crippen molar-refractivity contribution in [2.24, 2.45) is 0 Å². The monoisotopic (exact) mass is 356 g/mol. The van der Waals surface area contributed by atoms with E-state index in [0.29, 0.717) is 29.3 Å². The lowest BCUT2D eigenvalue weighted by atomic mass is 10.1. The van der Waals surface area contributed by atoms with Gasteiger partial charge in [0.05, 0.1) is 27.8 Å². The first-order valence-corrected chi connectivity index (χ1v) is 8.63. The number of nitrogens with one attached hydrogen (secondary N) is 1. The van der Waals surface area contributed by atoms with Crippen LogP contribution in [0.25, 0.3) is 0 Å². The van der Waals surface area contributed by atoms with Crippen molar-refractivity contribution < 1.29 is 9.72 Å². The first kappa shape index (κ1) is 18.4. The molecule has 0 aliphatic heterocycles. The van der Waals surface area contributed by atoms with Crippen molar-refractivity contribution >= 4 is 23.4 Å². The molecule has 0 radical (unpaired) electrons. The van der Waals surface area contributed by atoms with Crippen molar-refractivity contribution in [2.75, 3.05) is 12.3 Å². The third-order valence-corrected chi connectivity index (χ3v) is 4.46. The van der Waals surface area contributed by atoms with Gasteiger partial charge in [0, 0.05) is 24.1 Å². The largest absolute Gasteiger partial charge is 0.351 e. The molecule has 0 fully saturated rings. The Morgan fingerprint density at radius 1 is 1.44 bits per heavy atom. The number of hydrogen-bond acceptors (Lipinski definition) is 6. The Kier molecular flexibility index (Phi) is 6.48. The molecule has 0 spiro atoms. The van der Waals surface area contributed by atoms with Crippen molar-refractivity contribution in [2.45, 2.75) is 12.7 Å². The molecule has 0 saturated carbocycles. The number of pyridine rings is 1. The lowest BCUT2D eigenvalue weighted by Crippen LogP contribution is -2.26. The predicted molar refractivity (Wildman–Crippen MR) is 95.3 cm³/mol. The lowest BCUT2D eigenvalue weighted by molar-refractivity contribution is -0.385. The zero-order chi connectivity index (χ0) is 18.2. The first-order chi connectivity index (χ1) is 12.0. The smallest absolute Gasteiger partial charge is 0.288 e. The Morgan fingerprint density at radius 2 is 2.20 bits per heavy atom. The number of hydrogen-bond donors (Lipinski definition) is 1. The van der Waals surface area contributed by atoms with Crippen LogP contribution in [0, 0.1) is 28.4 Å². The molecule has 0 aliphatic carbocycles. The molecule has 25 heavy (non-hydrogen) atoms. The van der Waals surface area contributed by atoms with Gasteiger partial charge in [-0.25, -0.2) is 0 Å². The molecule has 128 valence electrons. The maximum Gasteiger partial charge on any atom is 0.288 e. The van der Waals surface area contributed by atoms with Gasteiger partial charge in [-0.3, -0.25) is 19.9 Å². The van der Waals surface area contributed by atoms with Crippen LogP contribution in [0.15, 0.2) is 36.5 Å². The minimum atomic E-state index is -0.578. The second-order valence-corrected chi connectivity index (χ2v) is 6.27. The summed E-state index contributed by atoms with van der Waals surface area (Å²) in [7, 11) is 0. The SMILES string of the molecule is Cc1ncc([N+](=O)[O-])cc1C(=O)NCCSCc1ccccc1C#N. The number of amides is 1. The summed E-state index contributed by atoms with van der Waals surface area (Å²) in [5.41, 5.74) is 2.04. The second kappa shape index (κ2) is 8.80. The third kappa shape index (κ3) is 5.02. The van der Waals surface area contributed by atoms with Crippen LogP contribution in [0.4, 0.5) is 5.69 Å². The third-order valence-electron chi connectivity index (χ3n) is 3.46. The summed E-state index contributed by atoms with van der Waals surface area (Å²) in [5, 5.41) is 22.6. The Morgan fingerprint density at radius 3 is 2.92 bits per heavy atom. The molecule has 1 aromatic heterocycles. The Labute approximate surface area is 149 Å². The molecule has 0 saturated heterocycles. The van der Waals surface area contributed by atoms with Gasteiger partial charge in [0.2, 0.25) is 0 Å². The summed E-state index contributed by atoms with van der Waals surface area (Å²) in [6.45, 7) is 2.05. The van der Waals surface area contributed by atoms with Crippen LogP contribution in [-0.4, -0.2) is 28.1 Å². The van der Waals surface area contributed by atoms with Gasteiger partial charge in [-0.05, 0) is 18.6 Å². The summed E-state index contributed by atoms with van der Waals surface area (Å²) < 4.78 is 0. The average molecular weight is 356 g/mol. The van der Waals surface area contributed by atoms with Crippen LogP contribution in [0.2, 0.25) is 0 Å². The van der Waals surface area contributed by atoms with Gasteiger partial charge in [0.1, 0.15) is 6.20 Å². The van der Waals surface area contributed by atoms with Crippen molar-refractivity contribution in [3.63, 3.8) is 0 Å². The fourth-order valence-electron chi connectivity index (χ4n) is 2.12. The number of thioether (sulfide) groups is 1. The fourth-order valence-corrected chi connectivity index (χ4v) is 2.98. The minimum Gasteiger partial charge on any atom is -0.351 e. The van der Waals surface area contributed by atoms with Gasteiger partial charge < -0.3 is 5.32 Å². The number of benzene rings is 1. The van der Waals surface area contributed by atoms with Gasteiger partial charge in [-0.1, -0.05) is 18.2 Å². The molecule has 1 heterocycles. The van der Waals surface area contributed by atoms with Crippen LogP contribution in [-0.2, 0) is 5.75 Å². The molecule has 8 heteroatoms. The van der Waals surface area contributed by atoms with Crippen LogP contribution in [0.3, 0.4) is 0 Å². The highest BCUT2D eigenvalue weighted by Gasteiger charge is 2.15. The maximum absolute atomic E-state index is 12.1. The van der Waals surface area contributed by atoms with E-state index < -0.39 is 4.92 Å². The van der Waals surface area contributed by atoms with Gasteiger partial charge in [-0.2, -0.15) is 17.0 Å². The van der Waals surface area contributed by atoms with E-state index in [9.17, 15) is 14.9 Å². The number of aryl methyl sites for hydroxylation is 1. The van der Waals surface area contributed by atoms with Crippen LogP contribution in [0.1, 0.15) is 27.2 Å². The molecule has 0 unspecified atom stereocenters. The highest BCUT2D eigenvalue weighted by molar-refractivity contribution is 7.98. The second-order valence-electron chi connectivity index (χ2n) is 5.16. The molecule has 2 aromatic rings. The normalized spacial score (nSPS) is 10.1. The van der Waals surface area contributed by atoms with E-state index in [1.807, 2.05) is 18.2 Å². The summed E-state index contributed by atoms with van der Waals surface area (Å²) in [4.78, 5) is 26.2. The highest BCUT2D eigenvalue weighted by atomic mass is 32.2. The number of carbonyl (C=O) groups is 1. The van der Waals surface area contributed by atoms with Gasteiger partial charge in [0.25, 0.3) is 11.6 Å². The van der Waals surface area contributed by atoms with Crippen LogP contribution >= 0.6 is 11.8 Å². The van der Waals surface area contributed by atoms with Gasteiger partial charge in [0.15, 0.2) is 0 Å². The van der Waals surface area contributed by atoms with E-state index in [2.05, 4.69) is 16.4 Å². The number of carbonyl (C=O) groups excluding carboxylic acids is 1. The Hall–Kier alpha value is -2.92. The Balaban J connectivity index is 1.84. The predicted octanol–water partition coefficient (Wildman–Crippen LogP) is 2.83. The first-order valence-electron chi connectivity index (χ1n) is 7.48. The molecule has 1 aromatic carbocycles. The molecule has 1 amide bonds. The summed E-state index contributed by atoms with van der Waals surface area (Å²) >= 11 is 1.60. The minimum absolute atomic E-state index is 0.203. The Bertz CT molecular complexity index is 833. The molecule has 0 atom stereocenters. The zero-order valence-corrected chi connectivity index (χ0v) is 14.4. The maximum atomic E-state index is 12.1. The lowest BCUT2D eigenvalue weighted by Gasteiger charge is -2.07. The summed E-state index contributed by atoms with van der Waals surface area (Å²) in [5.74, 6) is 0.955. The number of aromatic nitrogens is 1. The van der Waals surface area contributed by atoms with E-state index in [-0.39, 0.29) is 17.2 Å². The van der Waals surface area contributed by atoms with Crippen molar-refractivity contribution in [3.8, 4) is 6.07 Å². The molecule has 2 rings (SSSR count). The molecular formula is C17H16N4O3S.